The van der Waals surface area contributed by atoms with Crippen molar-refractivity contribution in [2.75, 3.05) is 12.4 Å². The van der Waals surface area contributed by atoms with Gasteiger partial charge in [-0.1, -0.05) is 36.0 Å². The summed E-state index contributed by atoms with van der Waals surface area (Å²) < 4.78 is 30.1. The molecule has 0 aliphatic carbocycles. The summed E-state index contributed by atoms with van der Waals surface area (Å²) in [6.45, 7) is 4.30. The third-order valence-electron chi connectivity index (χ3n) is 5.09. The van der Waals surface area contributed by atoms with Crippen molar-refractivity contribution in [1.82, 2.24) is 9.55 Å². The van der Waals surface area contributed by atoms with Gasteiger partial charge in [-0.2, -0.15) is 0 Å². The van der Waals surface area contributed by atoms with E-state index < -0.39 is 10.0 Å². The van der Waals surface area contributed by atoms with E-state index >= 15 is 0 Å². The Labute approximate surface area is 196 Å². The lowest BCUT2D eigenvalue weighted by atomic mass is 10.1. The van der Waals surface area contributed by atoms with E-state index in [-0.39, 0.29) is 10.5 Å². The third-order valence-corrected chi connectivity index (χ3v) is 6.92. The van der Waals surface area contributed by atoms with Crippen LogP contribution in [0.3, 0.4) is 0 Å². The fourth-order valence-corrected chi connectivity index (χ4v) is 4.74. The number of benzene rings is 3. The number of fused-ring (bicyclic) bond motifs is 1. The first-order chi connectivity index (χ1) is 15.7. The van der Waals surface area contributed by atoms with E-state index in [0.717, 1.165) is 16.8 Å². The van der Waals surface area contributed by atoms with Crippen molar-refractivity contribution < 1.29 is 13.2 Å². The van der Waals surface area contributed by atoms with Crippen molar-refractivity contribution >= 4 is 32.7 Å². The molecule has 33 heavy (non-hydrogen) atoms. The molecule has 0 amide bonds. The number of aryl methyl sites for hydroxylation is 2. The minimum absolute atomic E-state index is 0.0298. The highest BCUT2D eigenvalue weighted by Gasteiger charge is 2.15. The number of thioether (sulfide) groups is 1. The van der Waals surface area contributed by atoms with Crippen LogP contribution >= 0.6 is 11.8 Å². The lowest BCUT2D eigenvalue weighted by Gasteiger charge is -2.16. The van der Waals surface area contributed by atoms with Gasteiger partial charge < -0.3 is 4.74 Å². The third kappa shape index (κ3) is 5.11. The van der Waals surface area contributed by atoms with Gasteiger partial charge in [0.15, 0.2) is 5.16 Å². The Morgan fingerprint density at radius 3 is 2.48 bits per heavy atom. The monoisotopic (exact) mass is 481 g/mol. The summed E-state index contributed by atoms with van der Waals surface area (Å²) in [6, 6.07) is 19.2. The molecular formula is C24H23N3O4S2. The number of hydrogen-bond acceptors (Lipinski definition) is 6. The summed E-state index contributed by atoms with van der Waals surface area (Å²) in [6.07, 6.45) is 0. The lowest BCUT2D eigenvalue weighted by Crippen LogP contribution is -2.23. The molecule has 0 saturated heterocycles. The number of nitrogens with zero attached hydrogens (tertiary/aromatic N) is 2. The summed E-state index contributed by atoms with van der Waals surface area (Å²) in [5.74, 6) is 1.06. The smallest absolute Gasteiger partial charge is 0.266 e. The zero-order valence-electron chi connectivity index (χ0n) is 18.2. The van der Waals surface area contributed by atoms with Crippen LogP contribution in [0, 0.1) is 13.8 Å². The summed E-state index contributed by atoms with van der Waals surface area (Å²) in [7, 11) is -3.74. The molecule has 0 fully saturated rings. The Bertz CT molecular complexity index is 1480. The molecule has 0 bridgehead atoms. The van der Waals surface area contributed by atoms with E-state index in [1.54, 1.807) is 22.8 Å². The Morgan fingerprint density at radius 1 is 1.03 bits per heavy atom. The summed E-state index contributed by atoms with van der Waals surface area (Å²) in [4.78, 5) is 18.2. The molecule has 0 saturated carbocycles. The summed E-state index contributed by atoms with van der Waals surface area (Å²) >= 11 is 1.42. The predicted octanol–water partition coefficient (Wildman–Crippen LogP) is 3.82. The highest BCUT2D eigenvalue weighted by molar-refractivity contribution is 7.99. The highest BCUT2D eigenvalue weighted by atomic mass is 32.2. The summed E-state index contributed by atoms with van der Waals surface area (Å²) in [5, 5.41) is 6.27. The molecule has 2 N–H and O–H groups in total. The Balaban J connectivity index is 1.59. The molecule has 7 nitrogen and oxygen atoms in total. The number of nitrogens with two attached hydrogens (primary N) is 1. The maximum atomic E-state index is 13.4. The van der Waals surface area contributed by atoms with Gasteiger partial charge in [0.05, 0.1) is 28.1 Å². The number of ether oxygens (including phenoxy) is 1. The molecule has 0 aliphatic heterocycles. The number of aromatic nitrogens is 2. The SMILES string of the molecule is Cc1ccc(C)c(-n2c(SCCOc3ccc(S(N)(=O)=O)cc3)nc3ccccc3c2=O)c1. The maximum Gasteiger partial charge on any atom is 0.266 e. The average molecular weight is 482 g/mol. The predicted molar refractivity (Wildman–Crippen MR) is 131 cm³/mol. The largest absolute Gasteiger partial charge is 0.493 e. The molecule has 9 heteroatoms. The van der Waals surface area contributed by atoms with E-state index in [1.807, 2.05) is 50.2 Å². The van der Waals surface area contributed by atoms with Gasteiger partial charge in [-0.05, 0) is 67.4 Å². The molecule has 3 aromatic carbocycles. The fraction of sp³-hybridized carbons (Fsp3) is 0.167. The van der Waals surface area contributed by atoms with Crippen LogP contribution in [0.2, 0.25) is 0 Å². The Morgan fingerprint density at radius 2 is 1.76 bits per heavy atom. The van der Waals surface area contributed by atoms with Crippen LogP contribution in [0.5, 0.6) is 5.75 Å². The molecule has 0 aliphatic rings. The molecule has 0 radical (unpaired) electrons. The molecular weight excluding hydrogens is 458 g/mol. The minimum atomic E-state index is -3.74. The number of rotatable bonds is 7. The van der Waals surface area contributed by atoms with Crippen LogP contribution in [0.25, 0.3) is 16.6 Å². The van der Waals surface area contributed by atoms with E-state index in [9.17, 15) is 13.2 Å². The zero-order chi connectivity index (χ0) is 23.6. The molecule has 4 rings (SSSR count). The van der Waals surface area contributed by atoms with Crippen LogP contribution in [0.4, 0.5) is 0 Å². The van der Waals surface area contributed by atoms with Crippen LogP contribution < -0.4 is 15.4 Å². The number of hydrogen-bond donors (Lipinski definition) is 1. The average Bonchev–Trinajstić information content (AvgIpc) is 2.78. The number of sulfonamides is 1. The van der Waals surface area contributed by atoms with Crippen LogP contribution in [0.1, 0.15) is 11.1 Å². The van der Waals surface area contributed by atoms with Gasteiger partial charge in [-0.3, -0.25) is 9.36 Å². The second kappa shape index (κ2) is 9.38. The number of primary sulfonamides is 1. The van der Waals surface area contributed by atoms with E-state index in [0.29, 0.717) is 34.2 Å². The van der Waals surface area contributed by atoms with Crippen LogP contribution in [-0.4, -0.2) is 30.3 Å². The van der Waals surface area contributed by atoms with Crippen molar-refractivity contribution in [3.8, 4) is 11.4 Å². The van der Waals surface area contributed by atoms with Crippen molar-refractivity contribution in [3.05, 3.63) is 88.2 Å². The van der Waals surface area contributed by atoms with Gasteiger partial charge in [-0.15, -0.1) is 0 Å². The Hall–Kier alpha value is -3.14. The van der Waals surface area contributed by atoms with Crippen molar-refractivity contribution in [1.29, 1.82) is 0 Å². The normalized spacial score (nSPS) is 11.6. The van der Waals surface area contributed by atoms with Crippen molar-refractivity contribution in [2.45, 2.75) is 23.9 Å². The molecule has 1 aromatic heterocycles. The van der Waals surface area contributed by atoms with Crippen LogP contribution in [-0.2, 0) is 10.0 Å². The number of para-hydroxylation sites is 1. The minimum Gasteiger partial charge on any atom is -0.493 e. The molecule has 0 unspecified atom stereocenters. The quantitative estimate of drug-likeness (QED) is 0.244. The second-order valence-corrected chi connectivity index (χ2v) is 10.2. The van der Waals surface area contributed by atoms with Gasteiger partial charge in [0.25, 0.3) is 5.56 Å². The molecule has 170 valence electrons. The van der Waals surface area contributed by atoms with Gasteiger partial charge in [0.1, 0.15) is 5.75 Å². The first-order valence-corrected chi connectivity index (χ1v) is 12.7. The van der Waals surface area contributed by atoms with E-state index in [4.69, 9.17) is 14.9 Å². The highest BCUT2D eigenvalue weighted by Crippen LogP contribution is 2.24. The van der Waals surface area contributed by atoms with Crippen molar-refractivity contribution in [2.24, 2.45) is 5.14 Å². The van der Waals surface area contributed by atoms with Crippen LogP contribution in [0.15, 0.2) is 81.6 Å². The molecule has 4 aromatic rings. The molecule has 0 atom stereocenters. The first-order valence-electron chi connectivity index (χ1n) is 10.2. The van der Waals surface area contributed by atoms with Gasteiger partial charge in [0, 0.05) is 5.75 Å². The second-order valence-electron chi connectivity index (χ2n) is 7.56. The van der Waals surface area contributed by atoms with Gasteiger partial charge >= 0.3 is 0 Å². The van der Waals surface area contributed by atoms with E-state index in [1.165, 1.54) is 23.9 Å². The first kappa shape index (κ1) is 23.0. The molecule has 0 spiro atoms. The van der Waals surface area contributed by atoms with Crippen molar-refractivity contribution in [3.63, 3.8) is 0 Å². The Kier molecular flexibility index (Phi) is 6.55. The standard InChI is InChI=1S/C24H23N3O4S2/c1-16-7-8-17(2)22(15-16)27-23(28)20-5-3-4-6-21(20)26-24(27)32-14-13-31-18-9-11-19(12-10-18)33(25,29)30/h3-12,15H,13-14H2,1-2H3,(H2,25,29,30). The maximum absolute atomic E-state index is 13.4. The topological polar surface area (TPSA) is 104 Å². The summed E-state index contributed by atoms with van der Waals surface area (Å²) in [5.41, 5.74) is 3.37. The van der Waals surface area contributed by atoms with E-state index in [2.05, 4.69) is 0 Å². The lowest BCUT2D eigenvalue weighted by molar-refractivity contribution is 0.343. The van der Waals surface area contributed by atoms with Gasteiger partial charge in [-0.25, -0.2) is 18.5 Å². The fourth-order valence-electron chi connectivity index (χ4n) is 3.40. The molecule has 1 heterocycles. The van der Waals surface area contributed by atoms with Gasteiger partial charge in [0.2, 0.25) is 10.0 Å². The zero-order valence-corrected chi connectivity index (χ0v) is 19.8.